The molecule has 3 heteroatoms. The predicted molar refractivity (Wildman–Crippen MR) is 66.2 cm³/mol. The van der Waals surface area contributed by atoms with E-state index in [9.17, 15) is 0 Å². The molecule has 16 heavy (non-hydrogen) atoms. The van der Waals surface area contributed by atoms with E-state index in [1.54, 1.807) is 6.20 Å². The SMILES string of the molecule is Clc1cccnc1CNCc1ccccc1. The van der Waals surface area contributed by atoms with Crippen molar-refractivity contribution in [2.24, 2.45) is 0 Å². The second-order valence-electron chi connectivity index (χ2n) is 3.52. The number of halogens is 1. The summed E-state index contributed by atoms with van der Waals surface area (Å²) in [6.07, 6.45) is 1.76. The smallest absolute Gasteiger partial charge is 0.0727 e. The highest BCUT2D eigenvalue weighted by Crippen LogP contribution is 2.11. The van der Waals surface area contributed by atoms with Gasteiger partial charge in [-0.05, 0) is 17.7 Å². The van der Waals surface area contributed by atoms with Crippen LogP contribution in [0.15, 0.2) is 48.7 Å². The van der Waals surface area contributed by atoms with Crippen LogP contribution in [0.3, 0.4) is 0 Å². The first-order valence-corrected chi connectivity index (χ1v) is 5.58. The Balaban J connectivity index is 1.87. The molecule has 1 aromatic carbocycles. The molecule has 2 nitrogen and oxygen atoms in total. The van der Waals surface area contributed by atoms with E-state index in [4.69, 9.17) is 11.6 Å². The molecule has 0 radical (unpaired) electrons. The summed E-state index contributed by atoms with van der Waals surface area (Å²) in [6.45, 7) is 1.52. The van der Waals surface area contributed by atoms with Gasteiger partial charge >= 0.3 is 0 Å². The second kappa shape index (κ2) is 5.64. The van der Waals surface area contributed by atoms with E-state index in [0.29, 0.717) is 11.6 Å². The van der Waals surface area contributed by atoms with Crippen molar-refractivity contribution in [3.05, 3.63) is 64.9 Å². The summed E-state index contributed by atoms with van der Waals surface area (Å²) in [6, 6.07) is 14.0. The third-order valence-corrected chi connectivity index (χ3v) is 2.64. The molecule has 0 spiro atoms. The van der Waals surface area contributed by atoms with Crippen molar-refractivity contribution in [2.45, 2.75) is 13.1 Å². The van der Waals surface area contributed by atoms with Gasteiger partial charge in [0.15, 0.2) is 0 Å². The molecule has 0 saturated carbocycles. The van der Waals surface area contributed by atoms with Gasteiger partial charge in [0.25, 0.3) is 0 Å². The third-order valence-electron chi connectivity index (χ3n) is 2.30. The standard InChI is InChI=1S/C13H13ClN2/c14-12-7-4-8-16-13(12)10-15-9-11-5-2-1-3-6-11/h1-8,15H,9-10H2. The number of hydrogen-bond acceptors (Lipinski definition) is 2. The molecule has 0 unspecified atom stereocenters. The molecular weight excluding hydrogens is 220 g/mol. The largest absolute Gasteiger partial charge is 0.307 e. The Morgan fingerprint density at radius 1 is 1.00 bits per heavy atom. The van der Waals surface area contributed by atoms with E-state index in [1.807, 2.05) is 30.3 Å². The van der Waals surface area contributed by atoms with Gasteiger partial charge in [0.2, 0.25) is 0 Å². The number of hydrogen-bond donors (Lipinski definition) is 1. The van der Waals surface area contributed by atoms with Crippen LogP contribution in [0.25, 0.3) is 0 Å². The molecule has 1 N–H and O–H groups in total. The maximum Gasteiger partial charge on any atom is 0.0727 e. The highest BCUT2D eigenvalue weighted by molar-refractivity contribution is 6.31. The van der Waals surface area contributed by atoms with Crippen LogP contribution in [-0.2, 0) is 13.1 Å². The number of aromatic nitrogens is 1. The third kappa shape index (κ3) is 3.05. The molecule has 2 aromatic rings. The van der Waals surface area contributed by atoms with Gasteiger partial charge < -0.3 is 5.32 Å². The first-order chi connectivity index (χ1) is 7.86. The zero-order valence-electron chi connectivity index (χ0n) is 8.86. The number of rotatable bonds is 4. The van der Waals surface area contributed by atoms with E-state index < -0.39 is 0 Å². The monoisotopic (exact) mass is 232 g/mol. The van der Waals surface area contributed by atoms with Gasteiger partial charge in [0, 0.05) is 19.3 Å². The molecule has 0 atom stereocenters. The lowest BCUT2D eigenvalue weighted by Crippen LogP contribution is -2.13. The molecule has 82 valence electrons. The molecular formula is C13H13ClN2. The highest BCUT2D eigenvalue weighted by Gasteiger charge is 1.99. The summed E-state index contributed by atoms with van der Waals surface area (Å²) in [7, 11) is 0. The van der Waals surface area contributed by atoms with Crippen LogP contribution in [0.2, 0.25) is 5.02 Å². The Hall–Kier alpha value is -1.38. The molecule has 0 amide bonds. The maximum atomic E-state index is 6.00. The summed E-state index contributed by atoms with van der Waals surface area (Å²) in [4.78, 5) is 4.22. The number of nitrogens with zero attached hydrogens (tertiary/aromatic N) is 1. The molecule has 0 aliphatic carbocycles. The van der Waals surface area contributed by atoms with Crippen LogP contribution >= 0.6 is 11.6 Å². The van der Waals surface area contributed by atoms with Gasteiger partial charge in [0.05, 0.1) is 10.7 Å². The minimum Gasteiger partial charge on any atom is -0.307 e. The lowest BCUT2D eigenvalue weighted by Gasteiger charge is -2.05. The second-order valence-corrected chi connectivity index (χ2v) is 3.93. The summed E-state index contributed by atoms with van der Waals surface area (Å²) in [5.41, 5.74) is 2.15. The Morgan fingerprint density at radius 2 is 1.81 bits per heavy atom. The fourth-order valence-electron chi connectivity index (χ4n) is 1.47. The Kier molecular flexibility index (Phi) is 3.91. The topological polar surface area (TPSA) is 24.9 Å². The molecule has 2 rings (SSSR count). The molecule has 0 saturated heterocycles. The van der Waals surface area contributed by atoms with Crippen molar-refractivity contribution in [1.29, 1.82) is 0 Å². The molecule has 1 heterocycles. The number of pyridine rings is 1. The molecule has 0 bridgehead atoms. The predicted octanol–water partition coefficient (Wildman–Crippen LogP) is 3.02. The van der Waals surface area contributed by atoms with E-state index in [1.165, 1.54) is 5.56 Å². The van der Waals surface area contributed by atoms with Crippen molar-refractivity contribution < 1.29 is 0 Å². The highest BCUT2D eigenvalue weighted by atomic mass is 35.5. The lowest BCUT2D eigenvalue weighted by molar-refractivity contribution is 0.680. The summed E-state index contributed by atoms with van der Waals surface area (Å²) in [5.74, 6) is 0. The summed E-state index contributed by atoms with van der Waals surface area (Å²) >= 11 is 6.00. The van der Waals surface area contributed by atoms with Crippen LogP contribution < -0.4 is 5.32 Å². The van der Waals surface area contributed by atoms with Crippen molar-refractivity contribution >= 4 is 11.6 Å². The average Bonchev–Trinajstić information content (AvgIpc) is 2.33. The molecule has 0 aliphatic heterocycles. The van der Waals surface area contributed by atoms with Gasteiger partial charge in [-0.3, -0.25) is 4.98 Å². The first-order valence-electron chi connectivity index (χ1n) is 5.20. The van der Waals surface area contributed by atoms with Crippen LogP contribution in [-0.4, -0.2) is 4.98 Å². The summed E-state index contributed by atoms with van der Waals surface area (Å²) < 4.78 is 0. The van der Waals surface area contributed by atoms with Crippen molar-refractivity contribution in [2.75, 3.05) is 0 Å². The minimum atomic E-state index is 0.689. The zero-order chi connectivity index (χ0) is 11.2. The zero-order valence-corrected chi connectivity index (χ0v) is 9.61. The van der Waals surface area contributed by atoms with Crippen molar-refractivity contribution in [3.8, 4) is 0 Å². The van der Waals surface area contributed by atoms with Crippen molar-refractivity contribution in [1.82, 2.24) is 10.3 Å². The Morgan fingerprint density at radius 3 is 2.56 bits per heavy atom. The quantitative estimate of drug-likeness (QED) is 0.877. The van der Waals surface area contributed by atoms with E-state index >= 15 is 0 Å². The fourth-order valence-corrected chi connectivity index (χ4v) is 1.66. The van der Waals surface area contributed by atoms with E-state index in [2.05, 4.69) is 22.4 Å². The maximum absolute atomic E-state index is 6.00. The van der Waals surface area contributed by atoms with Gasteiger partial charge in [-0.1, -0.05) is 41.9 Å². The van der Waals surface area contributed by atoms with Crippen LogP contribution in [0.5, 0.6) is 0 Å². The van der Waals surface area contributed by atoms with Gasteiger partial charge in [-0.15, -0.1) is 0 Å². The van der Waals surface area contributed by atoms with Gasteiger partial charge in [0.1, 0.15) is 0 Å². The first kappa shape index (κ1) is 11.1. The molecule has 1 aromatic heterocycles. The van der Waals surface area contributed by atoms with E-state index in [0.717, 1.165) is 12.2 Å². The molecule has 0 fully saturated rings. The normalized spacial score (nSPS) is 10.3. The Bertz CT molecular complexity index is 443. The van der Waals surface area contributed by atoms with Crippen LogP contribution in [0.1, 0.15) is 11.3 Å². The average molecular weight is 233 g/mol. The fraction of sp³-hybridized carbons (Fsp3) is 0.154. The van der Waals surface area contributed by atoms with Gasteiger partial charge in [-0.2, -0.15) is 0 Å². The van der Waals surface area contributed by atoms with Crippen LogP contribution in [0.4, 0.5) is 0 Å². The number of nitrogens with one attached hydrogen (secondary N) is 1. The Labute approximate surface area is 100 Å². The van der Waals surface area contributed by atoms with Crippen molar-refractivity contribution in [3.63, 3.8) is 0 Å². The van der Waals surface area contributed by atoms with Gasteiger partial charge in [-0.25, -0.2) is 0 Å². The van der Waals surface area contributed by atoms with E-state index in [-0.39, 0.29) is 0 Å². The lowest BCUT2D eigenvalue weighted by atomic mass is 10.2. The number of benzene rings is 1. The van der Waals surface area contributed by atoms with Crippen LogP contribution in [0, 0.1) is 0 Å². The minimum absolute atomic E-state index is 0.689. The molecule has 0 aliphatic rings. The summed E-state index contributed by atoms with van der Waals surface area (Å²) in [5, 5.41) is 4.02.